The lowest BCUT2D eigenvalue weighted by atomic mass is 9.99. The SMILES string of the molecule is C=c1cc(NCC2CCCN(S(C)(=O)=O)C2)c(=C2C=Nc3[nH]ccc3N2)cnc1=N. The number of anilines is 2. The number of aromatic nitrogens is 2. The maximum atomic E-state index is 11.9. The van der Waals surface area contributed by atoms with Gasteiger partial charge in [-0.15, -0.1) is 0 Å². The molecule has 0 aromatic carbocycles. The van der Waals surface area contributed by atoms with Crippen molar-refractivity contribution in [1.29, 1.82) is 5.41 Å². The van der Waals surface area contributed by atoms with E-state index in [-0.39, 0.29) is 11.4 Å². The zero-order valence-electron chi connectivity index (χ0n) is 16.8. The monoisotopic (exact) mass is 427 g/mol. The molecule has 0 aliphatic carbocycles. The minimum Gasteiger partial charge on any atom is -0.384 e. The summed E-state index contributed by atoms with van der Waals surface area (Å²) in [5.74, 6) is 0.946. The normalized spacial score (nSPS) is 21.0. The first kappa shape index (κ1) is 20.3. The van der Waals surface area contributed by atoms with Gasteiger partial charge in [0.05, 0.1) is 23.9 Å². The molecular formula is C20H25N7O2S. The number of sulfonamides is 1. The van der Waals surface area contributed by atoms with Gasteiger partial charge >= 0.3 is 0 Å². The summed E-state index contributed by atoms with van der Waals surface area (Å²) >= 11 is 0. The molecule has 0 saturated carbocycles. The van der Waals surface area contributed by atoms with E-state index in [2.05, 4.69) is 32.2 Å². The number of aliphatic imine (C=N–C) groups is 1. The number of hydrogen-bond donors (Lipinski definition) is 4. The Bertz CT molecular complexity index is 1270. The summed E-state index contributed by atoms with van der Waals surface area (Å²) in [4.78, 5) is 11.7. The van der Waals surface area contributed by atoms with Crippen LogP contribution in [0, 0.1) is 11.3 Å². The Balaban J connectivity index is 1.66. The van der Waals surface area contributed by atoms with Crippen molar-refractivity contribution in [2.75, 3.05) is 36.5 Å². The fraction of sp³-hybridized carbons (Fsp3) is 0.350. The summed E-state index contributed by atoms with van der Waals surface area (Å²) in [5, 5.41) is 16.1. The van der Waals surface area contributed by atoms with E-state index in [1.165, 1.54) is 6.26 Å². The standard InChI is InChI=1S/C20H25N7O2S/c1-13-8-17(23-9-14-4-3-7-27(12-14)30(2,28)29)15(10-24-19(13)21)18-11-25-20-16(26-18)5-6-22-20/h5-6,8,10-11,14,21-23,26H,1,3-4,7,9,12H2,2H3. The Morgan fingerprint density at radius 2 is 2.27 bits per heavy atom. The molecule has 1 unspecified atom stereocenters. The van der Waals surface area contributed by atoms with Gasteiger partial charge in [-0.3, -0.25) is 5.41 Å². The van der Waals surface area contributed by atoms with E-state index in [1.54, 1.807) is 22.8 Å². The van der Waals surface area contributed by atoms with E-state index in [0.717, 1.165) is 40.9 Å². The molecule has 2 aliphatic heterocycles. The average Bonchev–Trinajstić information content (AvgIpc) is 3.13. The Morgan fingerprint density at radius 1 is 1.43 bits per heavy atom. The highest BCUT2D eigenvalue weighted by Gasteiger charge is 2.25. The van der Waals surface area contributed by atoms with Crippen molar-refractivity contribution in [3.05, 3.63) is 40.5 Å². The quantitative estimate of drug-likeness (QED) is 0.559. The molecule has 10 heteroatoms. The van der Waals surface area contributed by atoms with Crippen LogP contribution in [0.15, 0.2) is 29.5 Å². The van der Waals surface area contributed by atoms with Gasteiger partial charge in [0, 0.05) is 48.2 Å². The van der Waals surface area contributed by atoms with Gasteiger partial charge in [-0.1, -0.05) is 6.58 Å². The van der Waals surface area contributed by atoms with Crippen LogP contribution in [0.4, 0.5) is 17.2 Å². The molecule has 2 aliphatic rings. The lowest BCUT2D eigenvalue weighted by Crippen LogP contribution is -2.41. The Morgan fingerprint density at radius 3 is 3.07 bits per heavy atom. The molecule has 0 bridgehead atoms. The topological polar surface area (TPSA) is 126 Å². The van der Waals surface area contributed by atoms with Crippen molar-refractivity contribution in [3.63, 3.8) is 0 Å². The molecule has 1 atom stereocenters. The third-order valence-electron chi connectivity index (χ3n) is 5.38. The van der Waals surface area contributed by atoms with Gasteiger partial charge in [0.2, 0.25) is 10.0 Å². The van der Waals surface area contributed by atoms with E-state index in [9.17, 15) is 8.42 Å². The summed E-state index contributed by atoms with van der Waals surface area (Å²) in [6.07, 6.45) is 8.22. The Kier molecular flexibility index (Phi) is 5.44. The fourth-order valence-corrected chi connectivity index (χ4v) is 4.67. The Hall–Kier alpha value is -2.98. The highest BCUT2D eigenvalue weighted by molar-refractivity contribution is 7.88. The van der Waals surface area contributed by atoms with Crippen LogP contribution in [0.3, 0.4) is 0 Å². The average molecular weight is 428 g/mol. The predicted octanol–water partition coefficient (Wildman–Crippen LogP) is 0.319. The van der Waals surface area contributed by atoms with Gasteiger partial charge < -0.3 is 15.6 Å². The van der Waals surface area contributed by atoms with Gasteiger partial charge in [0.15, 0.2) is 11.3 Å². The highest BCUT2D eigenvalue weighted by Crippen LogP contribution is 2.27. The number of nitrogens with one attached hydrogen (secondary N) is 4. The molecule has 1 fully saturated rings. The van der Waals surface area contributed by atoms with Crippen LogP contribution in [0.25, 0.3) is 12.3 Å². The fourth-order valence-electron chi connectivity index (χ4n) is 3.72. The van der Waals surface area contributed by atoms with Crippen molar-refractivity contribution >= 4 is 45.7 Å². The lowest BCUT2D eigenvalue weighted by Gasteiger charge is -2.31. The first-order chi connectivity index (χ1) is 14.3. The van der Waals surface area contributed by atoms with Crippen LogP contribution in [-0.2, 0) is 10.0 Å². The third kappa shape index (κ3) is 4.29. The smallest absolute Gasteiger partial charge is 0.211 e. The molecule has 2 aromatic heterocycles. The summed E-state index contributed by atoms with van der Waals surface area (Å²) < 4.78 is 25.4. The summed E-state index contributed by atoms with van der Waals surface area (Å²) in [6.45, 7) is 5.61. The molecule has 2 aromatic rings. The van der Waals surface area contributed by atoms with Crippen LogP contribution < -0.4 is 26.6 Å². The molecule has 0 amide bonds. The summed E-state index contributed by atoms with van der Waals surface area (Å²) in [6, 6.07) is 3.71. The predicted molar refractivity (Wildman–Crippen MR) is 118 cm³/mol. The van der Waals surface area contributed by atoms with E-state index in [1.807, 2.05) is 12.3 Å². The van der Waals surface area contributed by atoms with Crippen LogP contribution in [0.5, 0.6) is 0 Å². The van der Waals surface area contributed by atoms with E-state index in [4.69, 9.17) is 5.41 Å². The van der Waals surface area contributed by atoms with Crippen molar-refractivity contribution < 1.29 is 8.42 Å². The maximum Gasteiger partial charge on any atom is 0.211 e. The van der Waals surface area contributed by atoms with Gasteiger partial charge in [0.25, 0.3) is 0 Å². The zero-order valence-corrected chi connectivity index (χ0v) is 17.6. The zero-order chi connectivity index (χ0) is 21.3. The molecule has 30 heavy (non-hydrogen) atoms. The number of fused-ring (bicyclic) bond motifs is 1. The lowest BCUT2D eigenvalue weighted by molar-refractivity contribution is 0.277. The number of piperidine rings is 1. The molecule has 158 valence electrons. The van der Waals surface area contributed by atoms with Crippen molar-refractivity contribution in [2.24, 2.45) is 10.9 Å². The summed E-state index contributed by atoms with van der Waals surface area (Å²) in [7, 11) is -3.19. The van der Waals surface area contributed by atoms with Gasteiger partial charge in [-0.05, 0) is 30.9 Å². The second-order valence-electron chi connectivity index (χ2n) is 7.65. The van der Waals surface area contributed by atoms with Crippen LogP contribution in [-0.4, -0.2) is 54.8 Å². The molecule has 4 rings (SSSR count). The number of aromatic amines is 1. The van der Waals surface area contributed by atoms with Gasteiger partial charge in [0.1, 0.15) is 0 Å². The number of rotatable bonds is 4. The maximum absolute atomic E-state index is 11.9. The van der Waals surface area contributed by atoms with Gasteiger partial charge in [-0.2, -0.15) is 0 Å². The van der Waals surface area contributed by atoms with Crippen molar-refractivity contribution in [3.8, 4) is 0 Å². The van der Waals surface area contributed by atoms with Crippen LogP contribution in [0.1, 0.15) is 12.8 Å². The minimum absolute atomic E-state index is 0.0981. The van der Waals surface area contributed by atoms with Crippen LogP contribution >= 0.6 is 0 Å². The first-order valence-electron chi connectivity index (χ1n) is 9.77. The van der Waals surface area contributed by atoms with Gasteiger partial charge in [-0.25, -0.2) is 22.7 Å². The molecule has 0 spiro atoms. The molecule has 4 N–H and O–H groups in total. The van der Waals surface area contributed by atoms with E-state index >= 15 is 0 Å². The van der Waals surface area contributed by atoms with E-state index in [0.29, 0.717) is 24.9 Å². The number of H-pyrrole nitrogens is 1. The molecule has 9 nitrogen and oxygen atoms in total. The molecule has 4 heterocycles. The molecule has 0 radical (unpaired) electrons. The van der Waals surface area contributed by atoms with Crippen LogP contribution in [0.2, 0.25) is 0 Å². The largest absolute Gasteiger partial charge is 0.384 e. The number of hydrogen-bond acceptors (Lipinski definition) is 7. The first-order valence-corrected chi connectivity index (χ1v) is 11.6. The highest BCUT2D eigenvalue weighted by atomic mass is 32.2. The van der Waals surface area contributed by atoms with E-state index < -0.39 is 10.0 Å². The second kappa shape index (κ2) is 8.04. The molecular weight excluding hydrogens is 402 g/mol. The van der Waals surface area contributed by atoms with Crippen molar-refractivity contribution in [2.45, 2.75) is 12.8 Å². The summed E-state index contributed by atoms with van der Waals surface area (Å²) in [5.41, 5.74) is 2.49. The minimum atomic E-state index is -3.19. The third-order valence-corrected chi connectivity index (χ3v) is 6.64. The second-order valence-corrected chi connectivity index (χ2v) is 9.63. The number of nitrogens with zero attached hydrogens (tertiary/aromatic N) is 3. The Labute approximate surface area is 174 Å². The molecule has 1 saturated heterocycles. The van der Waals surface area contributed by atoms with Crippen molar-refractivity contribution in [1.82, 2.24) is 14.3 Å².